The number of carbonyl (C=O) groups is 2. The molecule has 1 aliphatic rings. The number of methoxy groups -OCH3 is 1. The Morgan fingerprint density at radius 2 is 1.78 bits per heavy atom. The van der Waals surface area contributed by atoms with Crippen molar-refractivity contribution in [3.05, 3.63) is 71.4 Å². The van der Waals surface area contributed by atoms with Crippen LogP contribution >= 0.6 is 0 Å². The number of amides is 2. The van der Waals surface area contributed by atoms with Crippen LogP contribution in [0.25, 0.3) is 10.9 Å². The molecule has 0 aliphatic carbocycles. The summed E-state index contributed by atoms with van der Waals surface area (Å²) in [5.41, 5.74) is 3.43. The predicted octanol–water partition coefficient (Wildman–Crippen LogP) is 3.95. The zero-order chi connectivity index (χ0) is 25.7. The third-order valence-electron chi connectivity index (χ3n) is 7.35. The molecule has 7 nitrogen and oxygen atoms in total. The Kier molecular flexibility index (Phi) is 8.44. The van der Waals surface area contributed by atoms with Crippen molar-refractivity contribution in [1.82, 2.24) is 19.7 Å². The van der Waals surface area contributed by atoms with E-state index in [0.29, 0.717) is 25.3 Å². The van der Waals surface area contributed by atoms with Crippen LogP contribution < -0.4 is 5.32 Å². The van der Waals surface area contributed by atoms with Crippen molar-refractivity contribution in [2.24, 2.45) is 7.05 Å². The molecule has 1 N–H and O–H groups in total. The maximum atomic E-state index is 13.9. The highest BCUT2D eigenvalue weighted by molar-refractivity contribution is 6.02. The molecule has 0 bridgehead atoms. The molecule has 1 aromatic heterocycles. The van der Waals surface area contributed by atoms with E-state index in [1.807, 2.05) is 48.3 Å². The molecule has 7 heteroatoms. The third-order valence-corrected chi connectivity index (χ3v) is 7.35. The summed E-state index contributed by atoms with van der Waals surface area (Å²) in [6.45, 7) is 8.65. The summed E-state index contributed by atoms with van der Waals surface area (Å²) in [5, 5.41) is 4.26. The molecule has 0 fully saturated rings. The van der Waals surface area contributed by atoms with Crippen LogP contribution in [0.4, 0.5) is 0 Å². The zero-order valence-corrected chi connectivity index (χ0v) is 21.9. The fourth-order valence-electron chi connectivity index (χ4n) is 5.43. The number of hydrogen-bond donors (Lipinski definition) is 1. The first-order chi connectivity index (χ1) is 17.5. The van der Waals surface area contributed by atoms with Crippen molar-refractivity contribution in [1.29, 1.82) is 0 Å². The van der Waals surface area contributed by atoms with Gasteiger partial charge < -0.3 is 24.4 Å². The molecule has 2 atom stereocenters. The number of nitrogens with one attached hydrogen (secondary N) is 1. The highest BCUT2D eigenvalue weighted by atomic mass is 16.5. The highest BCUT2D eigenvalue weighted by Gasteiger charge is 2.44. The molecule has 3 aromatic rings. The van der Waals surface area contributed by atoms with Crippen LogP contribution in [0.15, 0.2) is 54.7 Å². The summed E-state index contributed by atoms with van der Waals surface area (Å²) in [5.74, 6) is -0.629. The maximum Gasteiger partial charge on any atom is 0.254 e. The average Bonchev–Trinajstić information content (AvgIpc) is 3.24. The van der Waals surface area contributed by atoms with Gasteiger partial charge >= 0.3 is 0 Å². The SMILES string of the molecule is CCN(CC)CCCNC(=O)C1c2ccccc2C(=O)N(CCOC)C1c1cn(C)c2ccccc12. The van der Waals surface area contributed by atoms with E-state index in [-0.39, 0.29) is 11.8 Å². The number of rotatable bonds is 11. The topological polar surface area (TPSA) is 66.8 Å². The first kappa shape index (κ1) is 25.9. The normalized spacial score (nSPS) is 17.6. The Hall–Kier alpha value is -3.16. The lowest BCUT2D eigenvalue weighted by Gasteiger charge is -2.41. The van der Waals surface area contributed by atoms with Crippen LogP contribution in [0, 0.1) is 0 Å². The third kappa shape index (κ3) is 5.04. The molecule has 36 heavy (non-hydrogen) atoms. The molecule has 2 heterocycles. The van der Waals surface area contributed by atoms with Gasteiger partial charge in [-0.05, 0) is 43.8 Å². The summed E-state index contributed by atoms with van der Waals surface area (Å²) >= 11 is 0. The first-order valence-corrected chi connectivity index (χ1v) is 12.9. The minimum absolute atomic E-state index is 0.0464. The Bertz CT molecular complexity index is 1200. The second-order valence-electron chi connectivity index (χ2n) is 9.39. The number of aryl methyl sites for hydroxylation is 1. The standard InChI is InChI=1S/C29H38N4O3/c1-5-32(6-2)17-11-16-30-28(34)26-22-13-7-8-14-23(22)29(35)33(18-19-36-4)27(26)24-20-31(3)25-15-10-9-12-21(24)25/h7-10,12-15,20,26-27H,5-6,11,16-19H2,1-4H3,(H,30,34). The van der Waals surface area contributed by atoms with Crippen molar-refractivity contribution in [3.63, 3.8) is 0 Å². The van der Waals surface area contributed by atoms with Crippen LogP contribution in [0.3, 0.4) is 0 Å². The summed E-state index contributed by atoms with van der Waals surface area (Å²) in [4.78, 5) is 31.8. The average molecular weight is 491 g/mol. The van der Waals surface area contributed by atoms with Crippen molar-refractivity contribution < 1.29 is 14.3 Å². The summed E-state index contributed by atoms with van der Waals surface area (Å²) in [6.07, 6.45) is 2.95. The van der Waals surface area contributed by atoms with Gasteiger partial charge in [-0.15, -0.1) is 0 Å². The summed E-state index contributed by atoms with van der Waals surface area (Å²) in [6, 6.07) is 15.3. The first-order valence-electron chi connectivity index (χ1n) is 12.9. The number of fused-ring (bicyclic) bond motifs is 2. The minimum Gasteiger partial charge on any atom is -0.383 e. The monoisotopic (exact) mass is 490 g/mol. The van der Waals surface area contributed by atoms with Gasteiger partial charge in [0, 0.05) is 55.5 Å². The van der Waals surface area contributed by atoms with Crippen LogP contribution in [0.1, 0.15) is 53.7 Å². The molecule has 2 aromatic carbocycles. The molecular formula is C29H38N4O3. The molecule has 0 radical (unpaired) electrons. The van der Waals surface area contributed by atoms with Crippen molar-refractivity contribution >= 4 is 22.7 Å². The largest absolute Gasteiger partial charge is 0.383 e. The highest BCUT2D eigenvalue weighted by Crippen LogP contribution is 2.45. The van der Waals surface area contributed by atoms with Gasteiger partial charge in [0.15, 0.2) is 0 Å². The lowest BCUT2D eigenvalue weighted by atomic mass is 9.79. The molecule has 0 saturated carbocycles. The lowest BCUT2D eigenvalue weighted by Crippen LogP contribution is -2.48. The van der Waals surface area contributed by atoms with Gasteiger partial charge in [0.05, 0.1) is 18.6 Å². The Morgan fingerprint density at radius 3 is 2.53 bits per heavy atom. The number of para-hydroxylation sites is 1. The second-order valence-corrected chi connectivity index (χ2v) is 9.39. The molecule has 0 spiro atoms. The molecule has 192 valence electrons. The van der Waals surface area contributed by atoms with Crippen LogP contribution in [-0.2, 0) is 16.6 Å². The van der Waals surface area contributed by atoms with Gasteiger partial charge in [0.2, 0.25) is 5.91 Å². The molecule has 4 rings (SSSR count). The minimum atomic E-state index is -0.519. The Balaban J connectivity index is 1.75. The Labute approximate surface area is 214 Å². The fraction of sp³-hybridized carbons (Fsp3) is 0.448. The number of ether oxygens (including phenoxy) is 1. The fourth-order valence-corrected chi connectivity index (χ4v) is 5.43. The van der Waals surface area contributed by atoms with E-state index in [4.69, 9.17) is 4.74 Å². The van der Waals surface area contributed by atoms with Crippen LogP contribution in [0.2, 0.25) is 0 Å². The maximum absolute atomic E-state index is 13.9. The molecular weight excluding hydrogens is 452 g/mol. The van der Waals surface area contributed by atoms with Gasteiger partial charge in [-0.2, -0.15) is 0 Å². The van der Waals surface area contributed by atoms with Gasteiger partial charge in [0.25, 0.3) is 5.91 Å². The van der Waals surface area contributed by atoms with E-state index in [9.17, 15) is 9.59 Å². The summed E-state index contributed by atoms with van der Waals surface area (Å²) < 4.78 is 7.44. The van der Waals surface area contributed by atoms with E-state index in [0.717, 1.165) is 48.1 Å². The Morgan fingerprint density at radius 1 is 1.06 bits per heavy atom. The van der Waals surface area contributed by atoms with Gasteiger partial charge in [-0.25, -0.2) is 0 Å². The second kappa shape index (κ2) is 11.7. The van der Waals surface area contributed by atoms with Crippen molar-refractivity contribution in [3.8, 4) is 0 Å². The van der Waals surface area contributed by atoms with E-state index in [2.05, 4.69) is 47.0 Å². The van der Waals surface area contributed by atoms with Gasteiger partial charge in [-0.1, -0.05) is 50.2 Å². The number of aromatic nitrogens is 1. The molecule has 0 saturated heterocycles. The van der Waals surface area contributed by atoms with Crippen LogP contribution in [-0.4, -0.2) is 72.6 Å². The zero-order valence-electron chi connectivity index (χ0n) is 21.9. The summed E-state index contributed by atoms with van der Waals surface area (Å²) in [7, 11) is 3.64. The molecule has 2 unspecified atom stereocenters. The quantitative estimate of drug-likeness (QED) is 0.413. The number of hydrogen-bond acceptors (Lipinski definition) is 4. The lowest BCUT2D eigenvalue weighted by molar-refractivity contribution is -0.124. The van der Waals surface area contributed by atoms with E-state index in [1.165, 1.54) is 0 Å². The van der Waals surface area contributed by atoms with Crippen molar-refractivity contribution in [2.75, 3.05) is 46.4 Å². The number of benzene rings is 2. The van der Waals surface area contributed by atoms with E-state index < -0.39 is 12.0 Å². The van der Waals surface area contributed by atoms with Crippen LogP contribution in [0.5, 0.6) is 0 Å². The van der Waals surface area contributed by atoms with E-state index >= 15 is 0 Å². The molecule has 1 aliphatic heterocycles. The molecule has 2 amide bonds. The number of nitrogens with zero attached hydrogens (tertiary/aromatic N) is 3. The number of carbonyl (C=O) groups excluding carboxylic acids is 2. The smallest absolute Gasteiger partial charge is 0.254 e. The predicted molar refractivity (Wildman–Crippen MR) is 143 cm³/mol. The van der Waals surface area contributed by atoms with Gasteiger partial charge in [-0.3, -0.25) is 9.59 Å². The van der Waals surface area contributed by atoms with E-state index in [1.54, 1.807) is 7.11 Å². The van der Waals surface area contributed by atoms with Crippen molar-refractivity contribution in [2.45, 2.75) is 32.2 Å². The van der Waals surface area contributed by atoms with Gasteiger partial charge in [0.1, 0.15) is 0 Å².